The first-order valence-corrected chi connectivity index (χ1v) is 1.93. The molecule has 0 aliphatic rings. The Morgan fingerprint density at radius 1 is 1.44 bits per heavy atom. The van der Waals surface area contributed by atoms with Crippen LogP contribution in [0.5, 0.6) is 0 Å². The van der Waals surface area contributed by atoms with E-state index in [0.29, 0.717) is 0 Å². The topological polar surface area (TPSA) is 26.0 Å². The molecule has 9 heavy (non-hydrogen) atoms. The number of nitrogens with zero attached hydrogens (tertiary/aromatic N) is 1. The summed E-state index contributed by atoms with van der Waals surface area (Å²) in [6, 6.07) is 0. The Kier molecular flexibility index (Phi) is 1.19. The summed E-state index contributed by atoms with van der Waals surface area (Å²) in [5, 5.41) is 2.71. The minimum atomic E-state index is -4.44. The van der Waals surface area contributed by atoms with Crippen LogP contribution in [0.1, 0.15) is 5.56 Å². The van der Waals surface area contributed by atoms with Crippen LogP contribution in [0, 0.1) is 12.5 Å². The third-order valence-electron chi connectivity index (χ3n) is 0.634. The van der Waals surface area contributed by atoms with Crippen molar-refractivity contribution in [1.82, 2.24) is 5.16 Å². The lowest BCUT2D eigenvalue weighted by Gasteiger charge is -1.96. The molecular weight excluding hydrogens is 135 g/mol. The molecule has 0 aliphatic carbocycles. The zero-order chi connectivity index (χ0) is 6.91. The average molecular weight is 135 g/mol. The zero-order valence-corrected chi connectivity index (χ0v) is 3.99. The molecule has 1 aromatic rings. The molecule has 1 aromatic heterocycles. The monoisotopic (exact) mass is 135 g/mol. The lowest BCUT2D eigenvalue weighted by atomic mass is 10.4. The smallest absolute Gasteiger partial charge is 0.351 e. The molecule has 0 N–H and O–H groups in total. The van der Waals surface area contributed by atoms with Crippen molar-refractivity contribution in [2.75, 3.05) is 0 Å². The third-order valence-corrected chi connectivity index (χ3v) is 0.634. The minimum Gasteiger partial charge on any atom is -0.351 e. The van der Waals surface area contributed by atoms with Gasteiger partial charge < -0.3 is 4.52 Å². The summed E-state index contributed by atoms with van der Waals surface area (Å²) in [5.74, 6) is 0. The van der Waals surface area contributed by atoms with Gasteiger partial charge in [-0.25, -0.2) is 0 Å². The molecule has 0 bridgehead atoms. The Labute approximate surface area is 48.3 Å². The summed E-state index contributed by atoms with van der Waals surface area (Å²) >= 11 is 0. The summed E-state index contributed by atoms with van der Waals surface area (Å²) in [7, 11) is 0. The van der Waals surface area contributed by atoms with Gasteiger partial charge in [-0.05, 0) is 0 Å². The second-order valence-corrected chi connectivity index (χ2v) is 1.27. The molecule has 0 saturated heterocycles. The van der Waals surface area contributed by atoms with Gasteiger partial charge in [0.2, 0.25) is 6.26 Å². The summed E-state index contributed by atoms with van der Waals surface area (Å²) in [6.07, 6.45) is -1.35. The standard InChI is InChI=1S/C4F3NO/c5-4(6,7)3-1-8-9-2-3. The fourth-order valence-electron chi connectivity index (χ4n) is 0.281. The van der Waals surface area contributed by atoms with Gasteiger partial charge in [0.1, 0.15) is 11.8 Å². The van der Waals surface area contributed by atoms with Crippen molar-refractivity contribution in [3.63, 3.8) is 0 Å². The highest BCUT2D eigenvalue weighted by Gasteiger charge is 2.33. The molecule has 1 heterocycles. The van der Waals surface area contributed by atoms with Gasteiger partial charge in [0.15, 0.2) is 0 Å². The van der Waals surface area contributed by atoms with E-state index in [4.69, 9.17) is 0 Å². The molecule has 0 aromatic carbocycles. The van der Waals surface area contributed by atoms with E-state index in [2.05, 4.69) is 9.68 Å². The van der Waals surface area contributed by atoms with E-state index in [-0.39, 0.29) is 0 Å². The Hall–Kier alpha value is -1.00. The molecule has 0 amide bonds. The Balaban J connectivity index is 2.90. The van der Waals surface area contributed by atoms with E-state index in [1.165, 1.54) is 6.26 Å². The zero-order valence-electron chi connectivity index (χ0n) is 3.99. The highest BCUT2D eigenvalue weighted by atomic mass is 19.4. The van der Waals surface area contributed by atoms with Crippen molar-refractivity contribution in [1.29, 1.82) is 0 Å². The Morgan fingerprint density at radius 2 is 2.11 bits per heavy atom. The number of rotatable bonds is 0. The number of hydrogen-bond donors (Lipinski definition) is 0. The lowest BCUT2D eigenvalue weighted by Crippen LogP contribution is -2.02. The van der Waals surface area contributed by atoms with Gasteiger partial charge in [0.25, 0.3) is 0 Å². The first kappa shape index (κ1) is 6.12. The van der Waals surface area contributed by atoms with E-state index in [1.807, 2.05) is 0 Å². The average Bonchev–Trinajstić information content (AvgIpc) is 2.08. The maximum Gasteiger partial charge on any atom is 0.422 e. The van der Waals surface area contributed by atoms with Crippen LogP contribution in [0.3, 0.4) is 0 Å². The first-order chi connectivity index (χ1) is 4.11. The van der Waals surface area contributed by atoms with Crippen LogP contribution < -0.4 is 0 Å². The molecule has 2 radical (unpaired) electrons. The summed E-state index contributed by atoms with van der Waals surface area (Å²) < 4.78 is 38.2. The van der Waals surface area contributed by atoms with Crippen molar-refractivity contribution >= 4 is 0 Å². The van der Waals surface area contributed by atoms with Crippen LogP contribution in [-0.2, 0) is 6.18 Å². The van der Waals surface area contributed by atoms with Crippen LogP contribution in [0.2, 0.25) is 0 Å². The molecule has 0 spiro atoms. The van der Waals surface area contributed by atoms with Crippen molar-refractivity contribution in [2.45, 2.75) is 6.18 Å². The van der Waals surface area contributed by atoms with Gasteiger partial charge in [-0.15, -0.1) is 0 Å². The Bertz CT molecular complexity index is 178. The highest BCUT2D eigenvalue weighted by molar-refractivity contribution is 5.01. The van der Waals surface area contributed by atoms with Crippen molar-refractivity contribution in [3.8, 4) is 0 Å². The quantitative estimate of drug-likeness (QED) is 0.535. The van der Waals surface area contributed by atoms with Crippen LogP contribution in [0.15, 0.2) is 4.52 Å². The summed E-state index contributed by atoms with van der Waals surface area (Å²) in [6.45, 7) is 0. The van der Waals surface area contributed by atoms with Gasteiger partial charge in [-0.1, -0.05) is 5.16 Å². The van der Waals surface area contributed by atoms with Crippen molar-refractivity contribution in [2.24, 2.45) is 0 Å². The molecule has 1 rings (SSSR count). The fourth-order valence-corrected chi connectivity index (χ4v) is 0.281. The normalized spacial score (nSPS) is 11.9. The molecule has 0 atom stereocenters. The van der Waals surface area contributed by atoms with Crippen LogP contribution in [0.4, 0.5) is 13.2 Å². The van der Waals surface area contributed by atoms with Crippen molar-refractivity contribution in [3.05, 3.63) is 18.0 Å². The number of hydrogen-bond acceptors (Lipinski definition) is 2. The van der Waals surface area contributed by atoms with Gasteiger partial charge in [-0.3, -0.25) is 0 Å². The van der Waals surface area contributed by atoms with Crippen LogP contribution in [0.25, 0.3) is 0 Å². The maximum atomic E-state index is 11.5. The van der Waals surface area contributed by atoms with Crippen LogP contribution in [-0.4, -0.2) is 5.16 Å². The molecule has 0 saturated carbocycles. The molecule has 0 fully saturated rings. The van der Waals surface area contributed by atoms with Gasteiger partial charge in [-0.2, -0.15) is 13.2 Å². The third kappa shape index (κ3) is 1.22. The molecule has 0 aliphatic heterocycles. The van der Waals surface area contributed by atoms with Gasteiger partial charge >= 0.3 is 6.18 Å². The second kappa shape index (κ2) is 1.75. The van der Waals surface area contributed by atoms with E-state index < -0.39 is 11.7 Å². The number of aromatic nitrogens is 1. The maximum absolute atomic E-state index is 11.5. The fraction of sp³-hybridized carbons (Fsp3) is 0.250. The van der Waals surface area contributed by atoms with E-state index in [1.54, 1.807) is 6.20 Å². The van der Waals surface area contributed by atoms with Gasteiger partial charge in [0, 0.05) is 0 Å². The molecule has 2 nitrogen and oxygen atoms in total. The highest BCUT2D eigenvalue weighted by Crippen LogP contribution is 2.27. The molecule has 48 valence electrons. The van der Waals surface area contributed by atoms with Crippen LogP contribution >= 0.6 is 0 Å². The molecular formula is C4F3NO. The van der Waals surface area contributed by atoms with E-state index in [0.717, 1.165) is 0 Å². The van der Waals surface area contributed by atoms with Crippen molar-refractivity contribution < 1.29 is 17.7 Å². The van der Waals surface area contributed by atoms with Gasteiger partial charge in [0.05, 0.1) is 0 Å². The summed E-state index contributed by atoms with van der Waals surface area (Å²) in [5.41, 5.74) is -1.11. The lowest BCUT2D eigenvalue weighted by molar-refractivity contribution is -0.138. The largest absolute Gasteiger partial charge is 0.422 e. The SMILES string of the molecule is FC(F)(F)c1[c]no[c]1. The van der Waals surface area contributed by atoms with E-state index in [9.17, 15) is 13.2 Å². The number of alkyl halides is 3. The first-order valence-electron chi connectivity index (χ1n) is 1.93. The number of halogens is 3. The summed E-state index contributed by atoms with van der Waals surface area (Å²) in [4.78, 5) is 0. The molecule has 5 heteroatoms. The Morgan fingerprint density at radius 3 is 2.33 bits per heavy atom. The minimum absolute atomic E-state index is 1.11. The predicted molar refractivity (Wildman–Crippen MR) is 19.2 cm³/mol. The van der Waals surface area contributed by atoms with E-state index >= 15 is 0 Å². The predicted octanol–water partition coefficient (Wildman–Crippen LogP) is 1.29. The second-order valence-electron chi connectivity index (χ2n) is 1.27. The molecule has 0 unspecified atom stereocenters.